The third kappa shape index (κ3) is 3.71. The second-order valence-electron chi connectivity index (χ2n) is 11.0. The Bertz CT molecular complexity index is 785. The normalized spacial score (nSPS) is 41.6. The smallest absolute Gasteiger partial charge is 0.306 e. The van der Waals surface area contributed by atoms with Crippen LogP contribution in [-0.4, -0.2) is 35.4 Å². The van der Waals surface area contributed by atoms with E-state index < -0.39 is 18.6 Å². The molecule has 0 spiro atoms. The molecule has 4 aliphatic rings. The molecular formula is C26H38O5. The van der Waals surface area contributed by atoms with Gasteiger partial charge in [0.25, 0.3) is 0 Å². The first-order valence-electron chi connectivity index (χ1n) is 12.3. The van der Waals surface area contributed by atoms with Gasteiger partial charge in [-0.2, -0.15) is 0 Å². The zero-order chi connectivity index (χ0) is 22.4. The number of ketones is 2. The van der Waals surface area contributed by atoms with Crippen LogP contribution in [0.1, 0.15) is 85.0 Å². The summed E-state index contributed by atoms with van der Waals surface area (Å²) in [6.45, 7) is 6.10. The van der Waals surface area contributed by atoms with E-state index in [2.05, 4.69) is 13.8 Å². The molecule has 0 saturated heterocycles. The Morgan fingerprint density at radius 2 is 1.94 bits per heavy atom. The summed E-state index contributed by atoms with van der Waals surface area (Å²) in [5, 5.41) is 9.72. The SMILES string of the molecule is CCCCC(=O)O[C@@H]1CC2C3CCC4=CC(=O)CC[C@]4(C)C3CC[C@]2(C)C1C(=O)CO. The van der Waals surface area contributed by atoms with Crippen LogP contribution in [-0.2, 0) is 19.1 Å². The minimum Gasteiger partial charge on any atom is -0.462 e. The lowest BCUT2D eigenvalue weighted by Crippen LogP contribution is -2.51. The van der Waals surface area contributed by atoms with Gasteiger partial charge in [-0.05, 0) is 79.6 Å². The van der Waals surface area contributed by atoms with Crippen LogP contribution in [0, 0.1) is 34.5 Å². The highest BCUT2D eigenvalue weighted by atomic mass is 16.5. The van der Waals surface area contributed by atoms with E-state index in [1.54, 1.807) is 0 Å². The van der Waals surface area contributed by atoms with E-state index in [9.17, 15) is 19.5 Å². The van der Waals surface area contributed by atoms with Crippen molar-refractivity contribution in [2.24, 2.45) is 34.5 Å². The number of Topliss-reactive ketones (excluding diaryl/α,β-unsaturated/α-hetero) is 1. The van der Waals surface area contributed by atoms with E-state index in [1.165, 1.54) is 5.57 Å². The Labute approximate surface area is 186 Å². The summed E-state index contributed by atoms with van der Waals surface area (Å²) in [5.74, 6) is 0.759. The van der Waals surface area contributed by atoms with Crippen molar-refractivity contribution in [2.45, 2.75) is 91.1 Å². The number of esters is 1. The number of allylic oxidation sites excluding steroid dienone is 1. The molecule has 3 fully saturated rings. The van der Waals surface area contributed by atoms with Gasteiger partial charge in [0.15, 0.2) is 11.6 Å². The molecule has 0 aromatic carbocycles. The van der Waals surface area contributed by atoms with Gasteiger partial charge in [0.1, 0.15) is 12.7 Å². The molecule has 5 nitrogen and oxygen atoms in total. The van der Waals surface area contributed by atoms with Gasteiger partial charge in [0.2, 0.25) is 0 Å². The molecule has 0 aromatic rings. The molecule has 4 rings (SSSR count). The van der Waals surface area contributed by atoms with Crippen molar-refractivity contribution in [3.8, 4) is 0 Å². The number of carbonyl (C=O) groups is 3. The minimum atomic E-state index is -0.489. The standard InChI is InChI=1S/C26H38O5/c1-4-5-6-23(30)31-22-14-20-18-8-7-16-13-17(28)9-11-25(16,2)19(18)10-12-26(20,3)24(22)21(29)15-27/h13,18-20,22,24,27H,4-12,14-15H2,1-3H3/t18?,19?,20?,22-,24?,25+,26+/m1/s1. The van der Waals surface area contributed by atoms with Gasteiger partial charge in [0.05, 0.1) is 5.92 Å². The first-order valence-corrected chi connectivity index (χ1v) is 12.3. The third-order valence-electron chi connectivity index (χ3n) is 9.49. The number of hydrogen-bond acceptors (Lipinski definition) is 5. The third-order valence-corrected chi connectivity index (χ3v) is 9.49. The number of fused-ring (bicyclic) bond motifs is 5. The Balaban J connectivity index is 1.61. The Hall–Kier alpha value is -1.49. The van der Waals surface area contributed by atoms with Crippen molar-refractivity contribution in [3.63, 3.8) is 0 Å². The van der Waals surface area contributed by atoms with Crippen molar-refractivity contribution in [1.29, 1.82) is 0 Å². The van der Waals surface area contributed by atoms with Crippen LogP contribution < -0.4 is 0 Å². The molecule has 31 heavy (non-hydrogen) atoms. The molecule has 3 saturated carbocycles. The molecule has 4 unspecified atom stereocenters. The molecule has 0 amide bonds. The summed E-state index contributed by atoms with van der Waals surface area (Å²) in [7, 11) is 0. The minimum absolute atomic E-state index is 0.0739. The quantitative estimate of drug-likeness (QED) is 0.632. The van der Waals surface area contributed by atoms with Gasteiger partial charge in [-0.3, -0.25) is 14.4 Å². The van der Waals surface area contributed by atoms with Gasteiger partial charge in [-0.15, -0.1) is 0 Å². The maximum absolute atomic E-state index is 12.9. The highest BCUT2D eigenvalue weighted by Gasteiger charge is 2.63. The van der Waals surface area contributed by atoms with Crippen molar-refractivity contribution < 1.29 is 24.2 Å². The van der Waals surface area contributed by atoms with Crippen molar-refractivity contribution in [1.82, 2.24) is 0 Å². The van der Waals surface area contributed by atoms with Gasteiger partial charge in [0, 0.05) is 12.8 Å². The van der Waals surface area contributed by atoms with Crippen LogP contribution in [0.4, 0.5) is 0 Å². The largest absolute Gasteiger partial charge is 0.462 e. The van der Waals surface area contributed by atoms with Crippen LogP contribution in [0.15, 0.2) is 11.6 Å². The predicted octanol–water partition coefficient (Wildman–Crippen LogP) is 4.41. The summed E-state index contributed by atoms with van der Waals surface area (Å²) in [4.78, 5) is 37.4. The zero-order valence-electron chi connectivity index (χ0n) is 19.3. The molecule has 0 aliphatic heterocycles. The lowest BCUT2D eigenvalue weighted by atomic mass is 9.46. The first-order chi connectivity index (χ1) is 14.7. The summed E-state index contributed by atoms with van der Waals surface area (Å²) < 4.78 is 5.90. The second kappa shape index (κ2) is 8.46. The number of carbonyl (C=O) groups excluding carboxylic acids is 3. The lowest BCUT2D eigenvalue weighted by molar-refractivity contribution is -0.155. The Morgan fingerprint density at radius 1 is 1.16 bits per heavy atom. The maximum Gasteiger partial charge on any atom is 0.306 e. The molecule has 0 radical (unpaired) electrons. The fourth-order valence-corrected chi connectivity index (χ4v) is 7.89. The topological polar surface area (TPSA) is 80.7 Å². The van der Waals surface area contributed by atoms with Gasteiger partial charge < -0.3 is 9.84 Å². The summed E-state index contributed by atoms with van der Waals surface area (Å²) in [6, 6.07) is 0. The van der Waals surface area contributed by atoms with Crippen molar-refractivity contribution in [3.05, 3.63) is 11.6 Å². The Kier molecular flexibility index (Phi) is 6.19. The maximum atomic E-state index is 12.9. The Morgan fingerprint density at radius 3 is 2.65 bits per heavy atom. The molecule has 0 aromatic heterocycles. The van der Waals surface area contributed by atoms with E-state index in [4.69, 9.17) is 4.74 Å². The average Bonchev–Trinajstić information content (AvgIpc) is 3.04. The van der Waals surface area contributed by atoms with E-state index in [0.29, 0.717) is 30.6 Å². The molecule has 1 N–H and O–H groups in total. The molecule has 0 heterocycles. The van der Waals surface area contributed by atoms with Crippen molar-refractivity contribution >= 4 is 17.5 Å². The fraction of sp³-hybridized carbons (Fsp3) is 0.808. The number of unbranched alkanes of at least 4 members (excludes halogenated alkanes) is 1. The highest BCUT2D eigenvalue weighted by molar-refractivity contribution is 5.91. The number of hydrogen-bond donors (Lipinski definition) is 1. The summed E-state index contributed by atoms with van der Waals surface area (Å²) in [6.07, 6.45) is 9.83. The molecule has 5 heteroatoms. The molecule has 172 valence electrons. The monoisotopic (exact) mass is 430 g/mol. The first kappa shape index (κ1) is 22.7. The van der Waals surface area contributed by atoms with Crippen LogP contribution >= 0.6 is 0 Å². The van der Waals surface area contributed by atoms with Crippen LogP contribution in [0.2, 0.25) is 0 Å². The number of rotatable bonds is 6. The fourth-order valence-electron chi connectivity index (χ4n) is 7.89. The van der Waals surface area contributed by atoms with E-state index in [0.717, 1.165) is 51.4 Å². The van der Waals surface area contributed by atoms with Gasteiger partial charge in [-0.25, -0.2) is 0 Å². The van der Waals surface area contributed by atoms with Crippen molar-refractivity contribution in [2.75, 3.05) is 6.61 Å². The number of aliphatic hydroxyl groups is 1. The lowest BCUT2D eigenvalue weighted by Gasteiger charge is -2.57. The molecule has 4 aliphatic carbocycles. The summed E-state index contributed by atoms with van der Waals surface area (Å²) in [5.41, 5.74) is 1.17. The predicted molar refractivity (Wildman–Crippen MR) is 117 cm³/mol. The zero-order valence-corrected chi connectivity index (χ0v) is 19.3. The summed E-state index contributed by atoms with van der Waals surface area (Å²) >= 11 is 0. The van der Waals surface area contributed by atoms with E-state index >= 15 is 0 Å². The molecular weight excluding hydrogens is 392 g/mol. The number of aliphatic hydroxyl groups excluding tert-OH is 1. The molecule has 7 atom stereocenters. The van der Waals surface area contributed by atoms with Gasteiger partial charge in [-0.1, -0.05) is 32.8 Å². The molecule has 0 bridgehead atoms. The van der Waals surface area contributed by atoms with E-state index in [1.807, 2.05) is 13.0 Å². The van der Waals surface area contributed by atoms with Gasteiger partial charge >= 0.3 is 5.97 Å². The van der Waals surface area contributed by atoms with Crippen LogP contribution in [0.25, 0.3) is 0 Å². The van der Waals surface area contributed by atoms with Crippen LogP contribution in [0.5, 0.6) is 0 Å². The highest BCUT2D eigenvalue weighted by Crippen LogP contribution is 2.67. The van der Waals surface area contributed by atoms with Crippen LogP contribution in [0.3, 0.4) is 0 Å². The number of ether oxygens (including phenoxy) is 1. The average molecular weight is 431 g/mol. The second-order valence-corrected chi connectivity index (χ2v) is 11.0. The van der Waals surface area contributed by atoms with E-state index in [-0.39, 0.29) is 28.4 Å².